The van der Waals surface area contributed by atoms with Crippen LogP contribution in [0.5, 0.6) is 0 Å². The second-order valence-corrected chi connectivity index (χ2v) is 11.2. The average molecular weight is 485 g/mol. The zero-order valence-corrected chi connectivity index (χ0v) is 18.9. The van der Waals surface area contributed by atoms with Crippen molar-refractivity contribution in [3.63, 3.8) is 0 Å². The molecule has 1 aliphatic heterocycles. The van der Waals surface area contributed by atoms with E-state index in [1.807, 2.05) is 6.07 Å². The molecule has 8 nitrogen and oxygen atoms in total. The van der Waals surface area contributed by atoms with Crippen molar-refractivity contribution in [2.45, 2.75) is 43.7 Å². The maximum absolute atomic E-state index is 12.6. The minimum absolute atomic E-state index is 0.0330. The summed E-state index contributed by atoms with van der Waals surface area (Å²) in [6, 6.07) is 6.41. The molecular weight excluding hydrogens is 463 g/mol. The Labute approximate surface area is 190 Å². The van der Waals surface area contributed by atoms with Crippen LogP contribution in [0.25, 0.3) is 0 Å². The lowest BCUT2D eigenvalue weighted by Gasteiger charge is -2.42. The van der Waals surface area contributed by atoms with Crippen LogP contribution in [0, 0.1) is 0 Å². The summed E-state index contributed by atoms with van der Waals surface area (Å²) in [6.07, 6.45) is 4.81. The van der Waals surface area contributed by atoms with E-state index in [4.69, 9.17) is 23.2 Å². The van der Waals surface area contributed by atoms with Crippen molar-refractivity contribution < 1.29 is 18.0 Å². The Bertz CT molecular complexity index is 1130. The van der Waals surface area contributed by atoms with Gasteiger partial charge in [0.05, 0.1) is 23.7 Å². The molecule has 2 amide bonds. The first kappa shape index (κ1) is 22.1. The number of amides is 2. The highest BCUT2D eigenvalue weighted by Gasteiger charge is 2.40. The van der Waals surface area contributed by atoms with E-state index in [1.165, 1.54) is 10.9 Å². The van der Waals surface area contributed by atoms with Crippen molar-refractivity contribution in [1.82, 2.24) is 15.1 Å². The Morgan fingerprint density at radius 2 is 1.97 bits per heavy atom. The van der Waals surface area contributed by atoms with Gasteiger partial charge in [-0.1, -0.05) is 29.3 Å². The number of anilines is 1. The number of halogens is 2. The van der Waals surface area contributed by atoms with Gasteiger partial charge in [-0.3, -0.25) is 9.59 Å². The van der Waals surface area contributed by atoms with Gasteiger partial charge in [0.25, 0.3) is 0 Å². The first-order valence-corrected chi connectivity index (χ1v) is 12.6. The molecule has 2 aromatic rings. The molecule has 1 saturated heterocycles. The van der Waals surface area contributed by atoms with E-state index in [0.717, 1.165) is 24.8 Å². The highest BCUT2D eigenvalue weighted by molar-refractivity contribution is 7.91. The van der Waals surface area contributed by atoms with Crippen LogP contribution in [0.2, 0.25) is 10.0 Å². The van der Waals surface area contributed by atoms with E-state index < -0.39 is 27.2 Å². The standard InChI is InChI=1S/C20H22Cl2N4O4S/c21-14-3-2-13(16(22)10-14)11-20(6-1-7-20)25-19(28)18(27)24-17-4-8-23-26(17)15-5-9-31(29,30)12-15/h2-4,8,10,15H,1,5-7,9,11-12H2,(H,24,27)(H,25,28). The zero-order chi connectivity index (χ0) is 22.2. The molecule has 1 aromatic heterocycles. The van der Waals surface area contributed by atoms with Gasteiger partial charge in [0.1, 0.15) is 5.82 Å². The monoisotopic (exact) mass is 484 g/mol. The molecule has 1 unspecified atom stereocenters. The number of rotatable bonds is 5. The molecule has 0 spiro atoms. The summed E-state index contributed by atoms with van der Waals surface area (Å²) >= 11 is 12.2. The molecule has 0 bridgehead atoms. The Morgan fingerprint density at radius 1 is 1.19 bits per heavy atom. The topological polar surface area (TPSA) is 110 Å². The summed E-state index contributed by atoms with van der Waals surface area (Å²) in [5.41, 5.74) is 0.318. The molecule has 2 N–H and O–H groups in total. The van der Waals surface area contributed by atoms with Crippen molar-refractivity contribution in [1.29, 1.82) is 0 Å². The molecule has 2 heterocycles. The number of hydrogen-bond acceptors (Lipinski definition) is 5. The van der Waals surface area contributed by atoms with Gasteiger partial charge in [-0.2, -0.15) is 5.10 Å². The van der Waals surface area contributed by atoms with Crippen molar-refractivity contribution in [3.8, 4) is 0 Å². The zero-order valence-electron chi connectivity index (χ0n) is 16.6. The molecule has 4 rings (SSSR count). The fourth-order valence-electron chi connectivity index (χ4n) is 4.12. The van der Waals surface area contributed by atoms with Gasteiger partial charge in [0.15, 0.2) is 9.84 Å². The van der Waals surface area contributed by atoms with Gasteiger partial charge >= 0.3 is 11.8 Å². The van der Waals surface area contributed by atoms with Crippen molar-refractivity contribution >= 4 is 50.7 Å². The van der Waals surface area contributed by atoms with E-state index in [2.05, 4.69) is 15.7 Å². The first-order chi connectivity index (χ1) is 14.7. The maximum atomic E-state index is 12.6. The van der Waals surface area contributed by atoms with E-state index >= 15 is 0 Å². The fraction of sp³-hybridized carbons (Fsp3) is 0.450. The minimum atomic E-state index is -3.11. The molecule has 166 valence electrons. The van der Waals surface area contributed by atoms with Crippen molar-refractivity contribution in [2.24, 2.45) is 0 Å². The quantitative estimate of drug-likeness (QED) is 0.633. The number of nitrogens with zero attached hydrogens (tertiary/aromatic N) is 2. The molecule has 31 heavy (non-hydrogen) atoms. The number of hydrogen-bond donors (Lipinski definition) is 2. The van der Waals surface area contributed by atoms with Crippen LogP contribution in [0.4, 0.5) is 5.82 Å². The molecule has 1 atom stereocenters. The predicted octanol–water partition coefficient (Wildman–Crippen LogP) is 2.77. The summed E-state index contributed by atoms with van der Waals surface area (Å²) in [6.45, 7) is 0. The maximum Gasteiger partial charge on any atom is 0.314 e. The van der Waals surface area contributed by atoms with Gasteiger partial charge in [-0.25, -0.2) is 13.1 Å². The highest BCUT2D eigenvalue weighted by atomic mass is 35.5. The second kappa shape index (κ2) is 8.44. The summed E-state index contributed by atoms with van der Waals surface area (Å²) < 4.78 is 25.0. The molecule has 0 radical (unpaired) electrons. The van der Waals surface area contributed by atoms with Gasteiger partial charge in [0, 0.05) is 21.7 Å². The molecule has 2 fully saturated rings. The smallest absolute Gasteiger partial charge is 0.314 e. The van der Waals surface area contributed by atoms with Crippen LogP contribution in [0.3, 0.4) is 0 Å². The van der Waals surface area contributed by atoms with Crippen LogP contribution in [0.15, 0.2) is 30.5 Å². The third-order valence-corrected chi connectivity index (χ3v) is 8.24. The van der Waals surface area contributed by atoms with Crippen LogP contribution >= 0.6 is 23.2 Å². The predicted molar refractivity (Wildman–Crippen MR) is 118 cm³/mol. The largest absolute Gasteiger partial charge is 0.342 e. The number of benzene rings is 1. The normalized spacial score (nSPS) is 21.3. The van der Waals surface area contributed by atoms with E-state index in [0.29, 0.717) is 28.7 Å². The number of sulfone groups is 1. The Morgan fingerprint density at radius 3 is 2.58 bits per heavy atom. The summed E-state index contributed by atoms with van der Waals surface area (Å²) in [4.78, 5) is 25.2. The molecular formula is C20H22Cl2N4O4S. The van der Waals surface area contributed by atoms with Crippen molar-refractivity contribution in [3.05, 3.63) is 46.1 Å². The Kier molecular flexibility index (Phi) is 6.02. The second-order valence-electron chi connectivity index (χ2n) is 8.17. The average Bonchev–Trinajstić information content (AvgIpc) is 3.27. The van der Waals surface area contributed by atoms with Gasteiger partial charge in [0.2, 0.25) is 0 Å². The minimum Gasteiger partial charge on any atom is -0.342 e. The van der Waals surface area contributed by atoms with E-state index in [-0.39, 0.29) is 17.5 Å². The Hall–Kier alpha value is -2.10. The Balaban J connectivity index is 1.42. The van der Waals surface area contributed by atoms with Gasteiger partial charge in [-0.05, 0) is 49.8 Å². The highest BCUT2D eigenvalue weighted by Crippen LogP contribution is 2.37. The summed E-state index contributed by atoms with van der Waals surface area (Å²) in [5.74, 6) is -1.23. The molecule has 2 aliphatic rings. The van der Waals surface area contributed by atoms with Gasteiger partial charge < -0.3 is 10.6 Å². The third-order valence-electron chi connectivity index (χ3n) is 5.91. The van der Waals surface area contributed by atoms with Crippen molar-refractivity contribution in [2.75, 3.05) is 16.8 Å². The lowest BCUT2D eigenvalue weighted by molar-refractivity contribution is -0.138. The van der Waals surface area contributed by atoms with Crippen LogP contribution in [-0.2, 0) is 25.8 Å². The number of carbonyl (C=O) groups is 2. The third kappa shape index (κ3) is 4.88. The molecule has 1 aromatic carbocycles. The number of aromatic nitrogens is 2. The first-order valence-electron chi connectivity index (χ1n) is 9.98. The number of carbonyl (C=O) groups excluding carboxylic acids is 2. The molecule has 1 aliphatic carbocycles. The van der Waals surface area contributed by atoms with Gasteiger partial charge in [-0.15, -0.1) is 0 Å². The van der Waals surface area contributed by atoms with E-state index in [1.54, 1.807) is 18.2 Å². The summed E-state index contributed by atoms with van der Waals surface area (Å²) in [7, 11) is -3.11. The van der Waals surface area contributed by atoms with Crippen LogP contribution in [-0.4, -0.2) is 47.1 Å². The summed E-state index contributed by atoms with van der Waals surface area (Å²) in [5, 5.41) is 10.6. The molecule has 11 heteroatoms. The van der Waals surface area contributed by atoms with Crippen LogP contribution < -0.4 is 10.6 Å². The van der Waals surface area contributed by atoms with E-state index in [9.17, 15) is 18.0 Å². The molecule has 1 saturated carbocycles. The number of nitrogens with one attached hydrogen (secondary N) is 2. The lowest BCUT2D eigenvalue weighted by Crippen LogP contribution is -2.57. The fourth-order valence-corrected chi connectivity index (χ4v) is 6.29. The lowest BCUT2D eigenvalue weighted by atomic mass is 9.72. The van der Waals surface area contributed by atoms with Crippen LogP contribution in [0.1, 0.15) is 37.3 Å². The SMILES string of the molecule is O=C(Nc1ccnn1C1CCS(=O)(=O)C1)C(=O)NC1(Cc2ccc(Cl)cc2Cl)CCC1.